The Morgan fingerprint density at radius 2 is 1.63 bits per heavy atom. The van der Waals surface area contributed by atoms with Crippen molar-refractivity contribution in [2.45, 2.75) is 13.3 Å². The van der Waals surface area contributed by atoms with E-state index in [0.717, 1.165) is 36.7 Å². The van der Waals surface area contributed by atoms with Crippen molar-refractivity contribution in [2.75, 3.05) is 31.7 Å². The second-order valence-electron chi connectivity index (χ2n) is 6.40. The van der Waals surface area contributed by atoms with E-state index in [2.05, 4.69) is 66.4 Å². The van der Waals surface area contributed by atoms with Crippen LogP contribution in [0.15, 0.2) is 78.9 Å². The molecular weight excluding hydrogens is 334 g/mol. The van der Waals surface area contributed by atoms with Crippen LogP contribution in [-0.2, 0) is 6.42 Å². The van der Waals surface area contributed by atoms with Crippen molar-refractivity contribution >= 4 is 5.69 Å². The van der Waals surface area contributed by atoms with Crippen LogP contribution in [0, 0.1) is 0 Å². The van der Waals surface area contributed by atoms with Crippen LogP contribution >= 0.6 is 0 Å². The van der Waals surface area contributed by atoms with E-state index in [1.54, 1.807) is 7.11 Å². The van der Waals surface area contributed by atoms with Gasteiger partial charge in [0.15, 0.2) is 0 Å². The molecule has 0 atom stereocenters. The smallest absolute Gasteiger partial charge is 0.122 e. The maximum absolute atomic E-state index is 6.15. The average Bonchev–Trinajstić information content (AvgIpc) is 2.73. The van der Waals surface area contributed by atoms with Crippen LogP contribution in [0.4, 0.5) is 5.69 Å². The first-order valence-corrected chi connectivity index (χ1v) is 9.43. The zero-order valence-corrected chi connectivity index (χ0v) is 16.1. The van der Waals surface area contributed by atoms with Crippen LogP contribution in [0.25, 0.3) is 0 Å². The number of para-hydroxylation sites is 1. The number of hydrogen-bond acceptors (Lipinski definition) is 3. The lowest BCUT2D eigenvalue weighted by Gasteiger charge is -2.24. The van der Waals surface area contributed by atoms with E-state index in [1.165, 1.54) is 11.1 Å². The highest BCUT2D eigenvalue weighted by atomic mass is 16.5. The monoisotopic (exact) mass is 361 g/mol. The minimum atomic E-state index is 0.636. The first-order chi connectivity index (χ1) is 13.3. The zero-order chi connectivity index (χ0) is 18.9. The highest BCUT2D eigenvalue weighted by molar-refractivity contribution is 5.50. The fraction of sp³-hybridized carbons (Fsp3) is 0.250. The highest BCUT2D eigenvalue weighted by Crippen LogP contribution is 2.23. The van der Waals surface area contributed by atoms with Crippen molar-refractivity contribution in [2.24, 2.45) is 0 Å². The van der Waals surface area contributed by atoms with Gasteiger partial charge in [-0.15, -0.1) is 0 Å². The van der Waals surface area contributed by atoms with E-state index in [1.807, 2.05) is 24.3 Å². The van der Waals surface area contributed by atoms with Crippen LogP contribution < -0.4 is 14.4 Å². The number of hydrogen-bond donors (Lipinski definition) is 0. The second kappa shape index (κ2) is 9.67. The van der Waals surface area contributed by atoms with Crippen molar-refractivity contribution in [3.63, 3.8) is 0 Å². The molecule has 0 N–H and O–H groups in total. The molecule has 0 unspecified atom stereocenters. The number of rotatable bonds is 9. The molecule has 0 amide bonds. The van der Waals surface area contributed by atoms with Crippen molar-refractivity contribution < 1.29 is 9.47 Å². The van der Waals surface area contributed by atoms with Gasteiger partial charge in [0.05, 0.1) is 13.7 Å². The molecule has 0 heterocycles. The summed E-state index contributed by atoms with van der Waals surface area (Å²) in [6.07, 6.45) is 0.879. The van der Waals surface area contributed by atoms with Gasteiger partial charge in [-0.25, -0.2) is 0 Å². The summed E-state index contributed by atoms with van der Waals surface area (Å²) in [5, 5.41) is 0. The van der Waals surface area contributed by atoms with E-state index >= 15 is 0 Å². The van der Waals surface area contributed by atoms with E-state index in [4.69, 9.17) is 9.47 Å². The van der Waals surface area contributed by atoms with Gasteiger partial charge >= 0.3 is 0 Å². The predicted molar refractivity (Wildman–Crippen MR) is 112 cm³/mol. The summed E-state index contributed by atoms with van der Waals surface area (Å²) in [6, 6.07) is 27.0. The molecule has 0 saturated heterocycles. The third-order valence-electron chi connectivity index (χ3n) is 4.63. The molecule has 0 aliphatic heterocycles. The minimum absolute atomic E-state index is 0.636. The lowest BCUT2D eigenvalue weighted by molar-refractivity contribution is 0.321. The Labute approximate surface area is 162 Å². The zero-order valence-electron chi connectivity index (χ0n) is 16.1. The van der Waals surface area contributed by atoms with E-state index < -0.39 is 0 Å². The first kappa shape index (κ1) is 18.8. The van der Waals surface area contributed by atoms with E-state index in [9.17, 15) is 0 Å². The summed E-state index contributed by atoms with van der Waals surface area (Å²) in [4.78, 5) is 2.29. The third-order valence-corrected chi connectivity index (χ3v) is 4.63. The van der Waals surface area contributed by atoms with Crippen LogP contribution in [0.2, 0.25) is 0 Å². The minimum Gasteiger partial charge on any atom is -0.497 e. The number of benzene rings is 3. The van der Waals surface area contributed by atoms with Crippen LogP contribution in [0.1, 0.15) is 18.1 Å². The summed E-state index contributed by atoms with van der Waals surface area (Å²) in [7, 11) is 1.70. The normalized spacial score (nSPS) is 10.4. The van der Waals surface area contributed by atoms with E-state index in [-0.39, 0.29) is 0 Å². The van der Waals surface area contributed by atoms with Gasteiger partial charge in [-0.3, -0.25) is 0 Å². The molecule has 0 bridgehead atoms. The number of anilines is 1. The average molecular weight is 361 g/mol. The van der Waals surface area contributed by atoms with Crippen LogP contribution in [-0.4, -0.2) is 26.8 Å². The summed E-state index contributed by atoms with van der Waals surface area (Å²) < 4.78 is 11.5. The van der Waals surface area contributed by atoms with Crippen LogP contribution in [0.5, 0.6) is 11.5 Å². The number of likely N-dealkylation sites (N-methyl/N-ethyl adjacent to an activating group) is 1. The third kappa shape index (κ3) is 5.27. The second-order valence-corrected chi connectivity index (χ2v) is 6.40. The van der Waals surface area contributed by atoms with Gasteiger partial charge < -0.3 is 14.4 Å². The predicted octanol–water partition coefficient (Wildman–Crippen LogP) is 5.19. The van der Waals surface area contributed by atoms with Crippen LogP contribution in [0.3, 0.4) is 0 Å². The molecule has 27 heavy (non-hydrogen) atoms. The maximum atomic E-state index is 6.15. The van der Waals surface area contributed by atoms with E-state index in [0.29, 0.717) is 6.61 Å². The molecule has 3 aromatic carbocycles. The highest BCUT2D eigenvalue weighted by Gasteiger charge is 2.08. The lowest BCUT2D eigenvalue weighted by atomic mass is 10.0. The SMILES string of the molecule is CCN(CCOc1ccccc1Cc1ccccc1)c1cccc(OC)c1. The summed E-state index contributed by atoms with van der Waals surface area (Å²) >= 11 is 0. The van der Waals surface area contributed by atoms with Crippen molar-refractivity contribution in [3.05, 3.63) is 90.0 Å². The molecule has 3 heteroatoms. The first-order valence-electron chi connectivity index (χ1n) is 9.43. The topological polar surface area (TPSA) is 21.7 Å². The van der Waals surface area contributed by atoms with Crippen molar-refractivity contribution in [3.8, 4) is 11.5 Å². The Bertz CT molecular complexity index is 833. The van der Waals surface area contributed by atoms with Gasteiger partial charge in [0.1, 0.15) is 18.1 Å². The van der Waals surface area contributed by atoms with Crippen molar-refractivity contribution in [1.82, 2.24) is 0 Å². The van der Waals surface area contributed by atoms with Gasteiger partial charge in [-0.1, -0.05) is 54.6 Å². The maximum Gasteiger partial charge on any atom is 0.122 e. The van der Waals surface area contributed by atoms with Gasteiger partial charge in [0.25, 0.3) is 0 Å². The lowest BCUT2D eigenvalue weighted by Crippen LogP contribution is -2.28. The molecule has 140 valence electrons. The standard InChI is InChI=1S/C24H27NO2/c1-3-25(22-13-9-14-23(19-22)26-2)16-17-27-24-15-8-7-12-21(24)18-20-10-5-4-6-11-20/h4-15,19H,3,16-18H2,1-2H3. The number of methoxy groups -OCH3 is 1. The largest absolute Gasteiger partial charge is 0.497 e. The van der Waals surface area contributed by atoms with Gasteiger partial charge in [0.2, 0.25) is 0 Å². The van der Waals surface area contributed by atoms with Gasteiger partial charge in [0, 0.05) is 24.7 Å². The van der Waals surface area contributed by atoms with Crippen molar-refractivity contribution in [1.29, 1.82) is 0 Å². The number of ether oxygens (including phenoxy) is 2. The van der Waals surface area contributed by atoms with Gasteiger partial charge in [-0.05, 0) is 36.2 Å². The summed E-state index contributed by atoms with van der Waals surface area (Å²) in [5.74, 6) is 1.84. The summed E-state index contributed by atoms with van der Waals surface area (Å²) in [6.45, 7) is 4.53. The molecule has 0 aliphatic rings. The molecule has 0 radical (unpaired) electrons. The molecule has 0 spiro atoms. The fourth-order valence-corrected chi connectivity index (χ4v) is 3.15. The molecule has 0 fully saturated rings. The quantitative estimate of drug-likeness (QED) is 0.523. The molecule has 0 aliphatic carbocycles. The number of nitrogens with zero attached hydrogens (tertiary/aromatic N) is 1. The molecule has 3 aromatic rings. The fourth-order valence-electron chi connectivity index (χ4n) is 3.15. The Kier molecular flexibility index (Phi) is 6.75. The Balaban J connectivity index is 1.62. The Hall–Kier alpha value is -2.94. The molecule has 0 saturated carbocycles. The molecule has 0 aromatic heterocycles. The molecule has 3 nitrogen and oxygen atoms in total. The summed E-state index contributed by atoms with van der Waals surface area (Å²) in [5.41, 5.74) is 3.66. The molecular formula is C24H27NO2. The molecule has 3 rings (SSSR count). The Morgan fingerprint density at radius 1 is 0.852 bits per heavy atom. The van der Waals surface area contributed by atoms with Gasteiger partial charge in [-0.2, -0.15) is 0 Å². The Morgan fingerprint density at radius 3 is 2.41 bits per heavy atom.